The maximum atomic E-state index is 12.4. The molecule has 0 unspecified atom stereocenters. The molecular weight excluding hydrogens is 406 g/mol. The van der Waals surface area contributed by atoms with E-state index in [1.165, 1.54) is 0 Å². The van der Waals surface area contributed by atoms with E-state index in [4.69, 9.17) is 21.9 Å². The number of benzene rings is 2. The lowest BCUT2D eigenvalue weighted by Crippen LogP contribution is -2.29. The standard InChI is InChI=1S/C18H11BrClN3O2/c19-10-5-6-11(13(20)9-10)15-7-8-16(25-15)17-22-14-4-2-1-3-12(14)18(24)23(17)21/h1-9H,21H2. The third-order valence-electron chi connectivity index (χ3n) is 3.83. The number of nitrogen functional groups attached to an aromatic ring is 1. The summed E-state index contributed by atoms with van der Waals surface area (Å²) in [6, 6.07) is 16.0. The Balaban J connectivity index is 1.87. The molecule has 0 aliphatic carbocycles. The quantitative estimate of drug-likeness (QED) is 0.490. The fraction of sp³-hybridized carbons (Fsp3) is 0. The van der Waals surface area contributed by atoms with Crippen molar-refractivity contribution in [1.29, 1.82) is 0 Å². The minimum Gasteiger partial charge on any atom is -0.453 e. The molecule has 0 spiro atoms. The molecule has 4 aromatic rings. The van der Waals surface area contributed by atoms with Gasteiger partial charge in [0.1, 0.15) is 5.76 Å². The Bertz CT molecular complexity index is 1170. The van der Waals surface area contributed by atoms with E-state index in [-0.39, 0.29) is 11.4 Å². The summed E-state index contributed by atoms with van der Waals surface area (Å²) in [4.78, 5) is 16.9. The van der Waals surface area contributed by atoms with Gasteiger partial charge in [-0.1, -0.05) is 39.7 Å². The number of nitrogens with zero attached hydrogens (tertiary/aromatic N) is 2. The molecule has 0 amide bonds. The Morgan fingerprint density at radius 2 is 1.84 bits per heavy atom. The van der Waals surface area contributed by atoms with Gasteiger partial charge in [0.25, 0.3) is 5.56 Å². The van der Waals surface area contributed by atoms with Crippen molar-refractivity contribution < 1.29 is 4.42 Å². The number of halogens is 2. The average molecular weight is 417 g/mol. The number of rotatable bonds is 2. The van der Waals surface area contributed by atoms with E-state index < -0.39 is 0 Å². The summed E-state index contributed by atoms with van der Waals surface area (Å²) in [6.45, 7) is 0. The zero-order valence-corrected chi connectivity index (χ0v) is 15.1. The van der Waals surface area contributed by atoms with Crippen LogP contribution in [-0.4, -0.2) is 9.66 Å². The highest BCUT2D eigenvalue weighted by Gasteiger charge is 2.16. The molecular formula is C18H11BrClN3O2. The number of aromatic nitrogens is 2. The monoisotopic (exact) mass is 415 g/mol. The molecule has 0 fully saturated rings. The van der Waals surface area contributed by atoms with Gasteiger partial charge in [0.05, 0.1) is 15.9 Å². The number of furan rings is 1. The Hall–Kier alpha value is -2.57. The molecule has 2 aromatic heterocycles. The number of fused-ring (bicyclic) bond motifs is 1. The molecule has 0 atom stereocenters. The summed E-state index contributed by atoms with van der Waals surface area (Å²) in [7, 11) is 0. The molecule has 7 heteroatoms. The summed E-state index contributed by atoms with van der Waals surface area (Å²) in [5.41, 5.74) is 0.965. The molecule has 0 aliphatic heterocycles. The van der Waals surface area contributed by atoms with Crippen molar-refractivity contribution in [3.05, 3.63) is 74.4 Å². The van der Waals surface area contributed by atoms with E-state index >= 15 is 0 Å². The molecule has 0 saturated carbocycles. The van der Waals surface area contributed by atoms with E-state index in [1.54, 1.807) is 36.4 Å². The second-order valence-electron chi connectivity index (χ2n) is 5.42. The molecule has 2 N–H and O–H groups in total. The average Bonchev–Trinajstić information content (AvgIpc) is 3.07. The molecule has 4 rings (SSSR count). The van der Waals surface area contributed by atoms with Crippen LogP contribution in [0, 0.1) is 0 Å². The first-order valence-electron chi connectivity index (χ1n) is 7.37. The molecule has 0 aliphatic rings. The fourth-order valence-electron chi connectivity index (χ4n) is 2.61. The van der Waals surface area contributed by atoms with Crippen LogP contribution >= 0.6 is 27.5 Å². The zero-order chi connectivity index (χ0) is 17.6. The van der Waals surface area contributed by atoms with Crippen molar-refractivity contribution in [3.8, 4) is 22.9 Å². The molecule has 2 heterocycles. The van der Waals surface area contributed by atoms with Crippen molar-refractivity contribution in [3.63, 3.8) is 0 Å². The van der Waals surface area contributed by atoms with Crippen molar-refractivity contribution in [2.75, 3.05) is 5.84 Å². The third kappa shape index (κ3) is 2.73. The van der Waals surface area contributed by atoms with Gasteiger partial charge in [-0.2, -0.15) is 0 Å². The third-order valence-corrected chi connectivity index (χ3v) is 4.64. The summed E-state index contributed by atoms with van der Waals surface area (Å²) in [5, 5.41) is 1.00. The van der Waals surface area contributed by atoms with Crippen molar-refractivity contribution in [2.45, 2.75) is 0 Å². The minimum atomic E-state index is -0.333. The first kappa shape index (κ1) is 15.9. The molecule has 0 radical (unpaired) electrons. The predicted octanol–water partition coefficient (Wildman–Crippen LogP) is 4.45. The van der Waals surface area contributed by atoms with Gasteiger partial charge in [-0.3, -0.25) is 4.79 Å². The molecule has 124 valence electrons. The summed E-state index contributed by atoms with van der Waals surface area (Å²) < 4.78 is 7.73. The maximum Gasteiger partial charge on any atom is 0.280 e. The normalized spacial score (nSPS) is 11.1. The lowest BCUT2D eigenvalue weighted by molar-refractivity contribution is 0.588. The van der Waals surface area contributed by atoms with Crippen LogP contribution in [0.5, 0.6) is 0 Å². The van der Waals surface area contributed by atoms with E-state index in [2.05, 4.69) is 20.9 Å². The molecule has 25 heavy (non-hydrogen) atoms. The summed E-state index contributed by atoms with van der Waals surface area (Å²) >= 11 is 9.64. The largest absolute Gasteiger partial charge is 0.453 e. The summed E-state index contributed by atoms with van der Waals surface area (Å²) in [5.74, 6) is 7.13. The summed E-state index contributed by atoms with van der Waals surface area (Å²) in [6.07, 6.45) is 0. The molecule has 5 nitrogen and oxygen atoms in total. The Labute approximate surface area is 155 Å². The topological polar surface area (TPSA) is 74.1 Å². The van der Waals surface area contributed by atoms with E-state index in [0.29, 0.717) is 27.4 Å². The second kappa shape index (κ2) is 6.06. The van der Waals surface area contributed by atoms with E-state index in [1.807, 2.05) is 18.2 Å². The van der Waals surface area contributed by atoms with Crippen molar-refractivity contribution in [2.24, 2.45) is 0 Å². The van der Waals surface area contributed by atoms with Gasteiger partial charge >= 0.3 is 0 Å². The lowest BCUT2D eigenvalue weighted by Gasteiger charge is -2.07. The van der Waals surface area contributed by atoms with Crippen LogP contribution in [0.25, 0.3) is 33.8 Å². The highest BCUT2D eigenvalue weighted by atomic mass is 79.9. The van der Waals surface area contributed by atoms with Crippen LogP contribution in [0.4, 0.5) is 0 Å². The highest BCUT2D eigenvalue weighted by Crippen LogP contribution is 2.33. The minimum absolute atomic E-state index is 0.253. The van der Waals surface area contributed by atoms with Crippen LogP contribution in [0.1, 0.15) is 0 Å². The Morgan fingerprint density at radius 1 is 1.08 bits per heavy atom. The first-order valence-corrected chi connectivity index (χ1v) is 8.54. The van der Waals surface area contributed by atoms with Gasteiger partial charge in [-0.25, -0.2) is 9.66 Å². The van der Waals surface area contributed by atoms with E-state index in [9.17, 15) is 4.79 Å². The maximum absolute atomic E-state index is 12.4. The Kier molecular flexibility index (Phi) is 3.86. The van der Waals surface area contributed by atoms with Crippen molar-refractivity contribution in [1.82, 2.24) is 9.66 Å². The van der Waals surface area contributed by atoms with Gasteiger partial charge in [0.2, 0.25) is 0 Å². The first-order chi connectivity index (χ1) is 12.0. The van der Waals surface area contributed by atoms with Gasteiger partial charge < -0.3 is 10.3 Å². The predicted molar refractivity (Wildman–Crippen MR) is 102 cm³/mol. The van der Waals surface area contributed by atoms with Crippen molar-refractivity contribution >= 4 is 38.4 Å². The van der Waals surface area contributed by atoms with Crippen LogP contribution in [0.3, 0.4) is 0 Å². The SMILES string of the molecule is Nn1c(-c2ccc(-c3ccc(Br)cc3Cl)o2)nc2ccccc2c1=O. The van der Waals surface area contributed by atoms with Crippen LogP contribution in [-0.2, 0) is 0 Å². The highest BCUT2D eigenvalue weighted by molar-refractivity contribution is 9.10. The zero-order valence-electron chi connectivity index (χ0n) is 12.7. The van der Waals surface area contributed by atoms with Gasteiger partial charge in [-0.15, -0.1) is 0 Å². The molecule has 0 bridgehead atoms. The number of hydrogen-bond acceptors (Lipinski definition) is 4. The smallest absolute Gasteiger partial charge is 0.280 e. The van der Waals surface area contributed by atoms with E-state index in [0.717, 1.165) is 14.7 Å². The number of nitrogens with two attached hydrogens (primary N) is 1. The molecule has 0 saturated heterocycles. The van der Waals surface area contributed by atoms with Crippen LogP contribution in [0.15, 0.2) is 68.3 Å². The Morgan fingerprint density at radius 3 is 2.64 bits per heavy atom. The molecule has 2 aromatic carbocycles. The lowest BCUT2D eigenvalue weighted by atomic mass is 10.2. The van der Waals surface area contributed by atoms with Gasteiger partial charge in [-0.05, 0) is 42.5 Å². The van der Waals surface area contributed by atoms with Gasteiger partial charge in [0.15, 0.2) is 11.6 Å². The van der Waals surface area contributed by atoms with Crippen LogP contribution < -0.4 is 11.4 Å². The van der Waals surface area contributed by atoms with Gasteiger partial charge in [0, 0.05) is 10.0 Å². The fourth-order valence-corrected chi connectivity index (χ4v) is 3.38. The number of para-hydroxylation sites is 1. The number of hydrogen-bond donors (Lipinski definition) is 1. The second-order valence-corrected chi connectivity index (χ2v) is 6.74. The van der Waals surface area contributed by atoms with Crippen LogP contribution in [0.2, 0.25) is 5.02 Å².